The lowest BCUT2D eigenvalue weighted by Gasteiger charge is -2.27. The van der Waals surface area contributed by atoms with Gasteiger partial charge in [0.05, 0.1) is 0 Å². The van der Waals surface area contributed by atoms with Crippen LogP contribution in [0.1, 0.15) is 41.7 Å². The van der Waals surface area contributed by atoms with Gasteiger partial charge in [0.25, 0.3) is 11.5 Å². The number of carbonyl (C=O) groups excluding carboxylic acids is 1. The largest absolute Gasteiger partial charge is 0.339 e. The molecule has 0 aliphatic heterocycles. The zero-order valence-electron chi connectivity index (χ0n) is 14.5. The molecule has 4 atom stereocenters. The Morgan fingerprint density at radius 1 is 1.04 bits per heavy atom. The molecule has 1 aromatic rings. The van der Waals surface area contributed by atoms with Crippen molar-refractivity contribution in [2.45, 2.75) is 44.7 Å². The average molecular weight is 317 g/mol. The van der Waals surface area contributed by atoms with Gasteiger partial charge < -0.3 is 14.8 Å². The molecule has 2 unspecified atom stereocenters. The van der Waals surface area contributed by atoms with Gasteiger partial charge >= 0.3 is 0 Å². The van der Waals surface area contributed by atoms with Crippen LogP contribution >= 0.6 is 0 Å². The van der Waals surface area contributed by atoms with Crippen LogP contribution < -0.4 is 5.56 Å². The molecule has 3 rings (SSSR count). The summed E-state index contributed by atoms with van der Waals surface area (Å²) in [5.74, 6) is 1.29. The highest BCUT2D eigenvalue weighted by Crippen LogP contribution is 2.46. The highest BCUT2D eigenvalue weighted by Gasteiger charge is 2.44. The molecule has 126 valence electrons. The third kappa shape index (κ3) is 3.07. The zero-order valence-corrected chi connectivity index (χ0v) is 14.5. The van der Waals surface area contributed by atoms with Crippen LogP contribution in [0.4, 0.5) is 0 Å². The number of aromatic amines is 1. The van der Waals surface area contributed by atoms with Gasteiger partial charge in [-0.2, -0.15) is 0 Å². The minimum absolute atomic E-state index is 0.152. The number of rotatable bonds is 3. The summed E-state index contributed by atoms with van der Waals surface area (Å²) in [5.41, 5.74) is 0.744. The molecule has 2 saturated carbocycles. The van der Waals surface area contributed by atoms with Gasteiger partial charge in [-0.3, -0.25) is 9.59 Å². The predicted molar refractivity (Wildman–Crippen MR) is 90.6 cm³/mol. The van der Waals surface area contributed by atoms with Crippen LogP contribution in [-0.2, 0) is 0 Å². The molecule has 0 radical (unpaired) electrons. The second-order valence-corrected chi connectivity index (χ2v) is 7.53. The molecule has 0 saturated heterocycles. The quantitative estimate of drug-likeness (QED) is 0.926. The normalized spacial score (nSPS) is 29.8. The van der Waals surface area contributed by atoms with Crippen LogP contribution in [0.15, 0.2) is 16.9 Å². The summed E-state index contributed by atoms with van der Waals surface area (Å²) in [6, 6.07) is 4.38. The van der Waals surface area contributed by atoms with E-state index in [0.29, 0.717) is 6.04 Å². The maximum Gasteiger partial charge on any atom is 0.260 e. The van der Waals surface area contributed by atoms with Crippen LogP contribution in [0, 0.1) is 18.8 Å². The lowest BCUT2D eigenvalue weighted by molar-refractivity contribution is 0.0724. The summed E-state index contributed by atoms with van der Waals surface area (Å²) < 4.78 is 0. The molecule has 0 bridgehead atoms. The minimum atomic E-state index is -0.285. The van der Waals surface area contributed by atoms with Crippen molar-refractivity contribution >= 4 is 5.91 Å². The number of hydrogen-bond donors (Lipinski definition) is 1. The molecule has 2 fully saturated rings. The number of pyridine rings is 1. The summed E-state index contributed by atoms with van der Waals surface area (Å²) in [7, 11) is 6.15. The van der Waals surface area contributed by atoms with Gasteiger partial charge in [0.15, 0.2) is 0 Å². The van der Waals surface area contributed by atoms with Gasteiger partial charge in [0.1, 0.15) is 5.56 Å². The van der Waals surface area contributed by atoms with E-state index in [1.165, 1.54) is 12.8 Å². The number of aromatic nitrogens is 1. The van der Waals surface area contributed by atoms with Crippen LogP contribution in [-0.4, -0.2) is 53.9 Å². The maximum absolute atomic E-state index is 12.7. The number of hydrogen-bond acceptors (Lipinski definition) is 3. The molecule has 5 nitrogen and oxygen atoms in total. The Bertz CT molecular complexity index is 638. The Balaban J connectivity index is 1.67. The summed E-state index contributed by atoms with van der Waals surface area (Å²) in [6.45, 7) is 1.82. The molecular formula is C18H27N3O2. The van der Waals surface area contributed by atoms with Crippen molar-refractivity contribution in [3.63, 3.8) is 0 Å². The molecule has 1 amide bonds. The summed E-state index contributed by atoms with van der Waals surface area (Å²) >= 11 is 0. The average Bonchev–Trinajstić information content (AvgIpc) is 3.04. The predicted octanol–water partition coefficient (Wildman–Crippen LogP) is 1.87. The third-order valence-corrected chi connectivity index (χ3v) is 5.85. The first-order valence-corrected chi connectivity index (χ1v) is 8.50. The van der Waals surface area contributed by atoms with Crippen LogP contribution in [0.5, 0.6) is 0 Å². The highest BCUT2D eigenvalue weighted by atomic mass is 16.2. The van der Waals surface area contributed by atoms with E-state index in [4.69, 9.17) is 0 Å². The molecule has 0 aromatic carbocycles. The van der Waals surface area contributed by atoms with E-state index < -0.39 is 0 Å². The minimum Gasteiger partial charge on any atom is -0.339 e. The summed E-state index contributed by atoms with van der Waals surface area (Å²) in [5, 5.41) is 0. The highest BCUT2D eigenvalue weighted by molar-refractivity contribution is 5.93. The molecule has 5 heteroatoms. The van der Waals surface area contributed by atoms with Crippen molar-refractivity contribution in [1.29, 1.82) is 0 Å². The van der Waals surface area contributed by atoms with Crippen LogP contribution in [0.2, 0.25) is 0 Å². The van der Waals surface area contributed by atoms with Gasteiger partial charge in [0.2, 0.25) is 0 Å². The van der Waals surface area contributed by atoms with E-state index in [2.05, 4.69) is 24.0 Å². The number of aryl methyl sites for hydroxylation is 1. The van der Waals surface area contributed by atoms with Crippen LogP contribution in [0.3, 0.4) is 0 Å². The summed E-state index contributed by atoms with van der Waals surface area (Å²) in [4.78, 5) is 31.5. The zero-order chi connectivity index (χ0) is 16.7. The van der Waals surface area contributed by atoms with E-state index in [1.54, 1.807) is 17.0 Å². The second kappa shape index (κ2) is 6.11. The number of carbonyl (C=O) groups is 1. The van der Waals surface area contributed by atoms with Gasteiger partial charge in [0, 0.05) is 24.8 Å². The molecule has 1 N–H and O–H groups in total. The monoisotopic (exact) mass is 317 g/mol. The first kappa shape index (κ1) is 16.2. The topological polar surface area (TPSA) is 56.4 Å². The second-order valence-electron chi connectivity index (χ2n) is 7.53. The maximum atomic E-state index is 12.7. The Morgan fingerprint density at radius 3 is 2.13 bits per heavy atom. The molecule has 0 spiro atoms. The van der Waals surface area contributed by atoms with Crippen molar-refractivity contribution in [1.82, 2.24) is 14.8 Å². The van der Waals surface area contributed by atoms with Gasteiger partial charge in [-0.25, -0.2) is 0 Å². The smallest absolute Gasteiger partial charge is 0.260 e. The van der Waals surface area contributed by atoms with Gasteiger partial charge in [-0.15, -0.1) is 0 Å². The fourth-order valence-corrected chi connectivity index (χ4v) is 4.39. The standard InChI is InChI=1S/C18H27N3O2/c1-11-5-6-16(17(22)19-11)18(23)21(4)15-9-12-7-14(20(2)3)8-13(12)10-15/h5-6,12-15H,7-10H2,1-4H3,(H,19,22)/t12-,13+,14?,15?. The molecule has 1 aromatic heterocycles. The molecule has 2 aliphatic rings. The Kier molecular flexibility index (Phi) is 4.32. The number of amides is 1. The number of nitrogens with zero attached hydrogens (tertiary/aromatic N) is 2. The van der Waals surface area contributed by atoms with Gasteiger partial charge in [-0.05, 0) is 70.7 Å². The molecule has 1 heterocycles. The molecule has 23 heavy (non-hydrogen) atoms. The van der Waals surface area contributed by atoms with E-state index >= 15 is 0 Å². The van der Waals surface area contributed by atoms with E-state index in [-0.39, 0.29) is 23.1 Å². The first-order valence-electron chi connectivity index (χ1n) is 8.50. The lowest BCUT2D eigenvalue weighted by Crippen LogP contribution is -2.39. The number of H-pyrrole nitrogens is 1. The fourth-order valence-electron chi connectivity index (χ4n) is 4.39. The molecular weight excluding hydrogens is 290 g/mol. The SMILES string of the molecule is Cc1ccc(C(=O)N(C)C2C[C@H]3CC(N(C)C)C[C@H]3C2)c(=O)[nH]1. The third-order valence-electron chi connectivity index (χ3n) is 5.85. The van der Waals surface area contributed by atoms with Crippen molar-refractivity contribution in [3.05, 3.63) is 33.7 Å². The Morgan fingerprint density at radius 2 is 1.61 bits per heavy atom. The van der Waals surface area contributed by atoms with Crippen molar-refractivity contribution in [2.24, 2.45) is 11.8 Å². The van der Waals surface area contributed by atoms with Gasteiger partial charge in [-0.1, -0.05) is 0 Å². The Labute approximate surface area is 137 Å². The Hall–Kier alpha value is -1.62. The van der Waals surface area contributed by atoms with Crippen molar-refractivity contribution in [3.8, 4) is 0 Å². The molecule has 2 aliphatic carbocycles. The fraction of sp³-hybridized carbons (Fsp3) is 0.667. The van der Waals surface area contributed by atoms with Crippen LogP contribution in [0.25, 0.3) is 0 Å². The van der Waals surface area contributed by atoms with Crippen molar-refractivity contribution in [2.75, 3.05) is 21.1 Å². The number of nitrogens with one attached hydrogen (secondary N) is 1. The van der Waals surface area contributed by atoms with Crippen molar-refractivity contribution < 1.29 is 4.79 Å². The van der Waals surface area contributed by atoms with E-state index in [0.717, 1.165) is 30.4 Å². The number of fused-ring (bicyclic) bond motifs is 1. The van der Waals surface area contributed by atoms with E-state index in [9.17, 15) is 9.59 Å². The summed E-state index contributed by atoms with van der Waals surface area (Å²) in [6.07, 6.45) is 4.62. The van der Waals surface area contributed by atoms with E-state index in [1.807, 2.05) is 14.0 Å². The lowest BCUT2D eigenvalue weighted by atomic mass is 10.0. The first-order chi connectivity index (χ1) is 10.9.